The normalized spacial score (nSPS) is 33.6. The van der Waals surface area contributed by atoms with Crippen molar-refractivity contribution in [2.24, 2.45) is 17.1 Å². The van der Waals surface area contributed by atoms with Crippen molar-refractivity contribution in [2.75, 3.05) is 0 Å². The van der Waals surface area contributed by atoms with E-state index < -0.39 is 0 Å². The molecule has 2 N–H and O–H groups in total. The predicted molar refractivity (Wildman–Crippen MR) is 42.8 cm³/mol. The van der Waals surface area contributed by atoms with Crippen molar-refractivity contribution >= 4 is 5.91 Å². The smallest absolute Gasteiger partial charge is 0.221 e. The van der Waals surface area contributed by atoms with Crippen LogP contribution >= 0.6 is 0 Å². The first kappa shape index (κ1) is 7.14. The highest BCUT2D eigenvalue weighted by atomic mass is 16.1. The van der Waals surface area contributed by atoms with Gasteiger partial charge in [-0.05, 0) is 24.7 Å². The molecular weight excluding hydrogens is 138 g/mol. The van der Waals surface area contributed by atoms with E-state index in [0.717, 1.165) is 6.42 Å². The van der Waals surface area contributed by atoms with Crippen LogP contribution in [-0.2, 0) is 4.79 Å². The van der Waals surface area contributed by atoms with Crippen LogP contribution in [-0.4, -0.2) is 5.91 Å². The Morgan fingerprint density at radius 1 is 1.27 bits per heavy atom. The average Bonchev–Trinajstić information content (AvgIpc) is 2.66. The lowest BCUT2D eigenvalue weighted by Gasteiger charge is -2.21. The van der Waals surface area contributed by atoms with E-state index in [9.17, 15) is 4.79 Å². The van der Waals surface area contributed by atoms with Gasteiger partial charge in [-0.15, -0.1) is 0 Å². The molecular formula is C9H15NO. The summed E-state index contributed by atoms with van der Waals surface area (Å²) in [6, 6.07) is 0. The lowest BCUT2D eigenvalue weighted by molar-refractivity contribution is -0.120. The fourth-order valence-corrected chi connectivity index (χ4v) is 2.56. The summed E-state index contributed by atoms with van der Waals surface area (Å²) in [5.74, 6) is 0.176. The number of amides is 1. The Labute approximate surface area is 67.1 Å². The van der Waals surface area contributed by atoms with Gasteiger partial charge in [-0.3, -0.25) is 4.79 Å². The molecule has 0 heterocycles. The molecule has 2 nitrogen and oxygen atoms in total. The van der Waals surface area contributed by atoms with Gasteiger partial charge in [0, 0.05) is 5.92 Å². The van der Waals surface area contributed by atoms with Crippen molar-refractivity contribution in [3.05, 3.63) is 0 Å². The molecule has 0 aromatic heterocycles. The third-order valence-electron chi connectivity index (χ3n) is 3.38. The second kappa shape index (κ2) is 2.23. The van der Waals surface area contributed by atoms with Gasteiger partial charge in [0.05, 0.1) is 0 Å². The van der Waals surface area contributed by atoms with Crippen LogP contribution in [0.15, 0.2) is 0 Å². The minimum Gasteiger partial charge on any atom is -0.369 e. The van der Waals surface area contributed by atoms with E-state index in [2.05, 4.69) is 0 Å². The molecule has 0 aliphatic heterocycles. The first-order valence-electron chi connectivity index (χ1n) is 4.54. The van der Waals surface area contributed by atoms with Gasteiger partial charge in [-0.25, -0.2) is 0 Å². The van der Waals surface area contributed by atoms with Crippen LogP contribution in [0.5, 0.6) is 0 Å². The molecule has 62 valence electrons. The maximum absolute atomic E-state index is 10.9. The van der Waals surface area contributed by atoms with Crippen LogP contribution in [0.3, 0.4) is 0 Å². The standard InChI is InChI=1S/C9H15NO/c10-8(11)7-6-9(7)4-2-1-3-5-9/h7H,1-6H2,(H2,10,11). The van der Waals surface area contributed by atoms with Gasteiger partial charge in [0.1, 0.15) is 0 Å². The molecule has 2 fully saturated rings. The van der Waals surface area contributed by atoms with Gasteiger partial charge in [0.2, 0.25) is 5.91 Å². The van der Waals surface area contributed by atoms with Gasteiger partial charge >= 0.3 is 0 Å². The third kappa shape index (κ3) is 1.05. The van der Waals surface area contributed by atoms with Crippen LogP contribution < -0.4 is 5.73 Å². The predicted octanol–water partition coefficient (Wildman–Crippen LogP) is 1.44. The molecule has 2 saturated carbocycles. The Hall–Kier alpha value is -0.530. The van der Waals surface area contributed by atoms with Crippen LogP contribution in [0.1, 0.15) is 38.5 Å². The average molecular weight is 153 g/mol. The molecule has 11 heavy (non-hydrogen) atoms. The molecule has 0 bridgehead atoms. The highest BCUT2D eigenvalue weighted by molar-refractivity contribution is 5.80. The monoisotopic (exact) mass is 153 g/mol. The maximum Gasteiger partial charge on any atom is 0.221 e. The Morgan fingerprint density at radius 2 is 1.91 bits per heavy atom. The number of rotatable bonds is 1. The number of carbonyl (C=O) groups excluding carboxylic acids is 1. The largest absolute Gasteiger partial charge is 0.369 e. The zero-order chi connectivity index (χ0) is 7.90. The van der Waals surface area contributed by atoms with Gasteiger partial charge in [-0.2, -0.15) is 0 Å². The molecule has 1 amide bonds. The molecule has 0 saturated heterocycles. The van der Waals surface area contributed by atoms with Crippen molar-refractivity contribution in [3.63, 3.8) is 0 Å². The molecule has 0 aromatic carbocycles. The summed E-state index contributed by atoms with van der Waals surface area (Å²) in [5.41, 5.74) is 5.66. The second-order valence-corrected chi connectivity index (χ2v) is 4.08. The summed E-state index contributed by atoms with van der Waals surface area (Å²) in [6.45, 7) is 0. The van der Waals surface area contributed by atoms with Crippen LogP contribution in [0.4, 0.5) is 0 Å². The van der Waals surface area contributed by atoms with Gasteiger partial charge in [-0.1, -0.05) is 19.3 Å². The van der Waals surface area contributed by atoms with E-state index >= 15 is 0 Å². The fraction of sp³-hybridized carbons (Fsp3) is 0.889. The fourth-order valence-electron chi connectivity index (χ4n) is 2.56. The molecule has 2 rings (SSSR count). The van der Waals surface area contributed by atoms with Crippen LogP contribution in [0.2, 0.25) is 0 Å². The number of hydrogen-bond donors (Lipinski definition) is 1. The minimum atomic E-state index is -0.0631. The molecule has 0 aromatic rings. The van der Waals surface area contributed by atoms with Gasteiger partial charge < -0.3 is 5.73 Å². The van der Waals surface area contributed by atoms with E-state index in [1.165, 1.54) is 32.1 Å². The Morgan fingerprint density at radius 3 is 2.36 bits per heavy atom. The quantitative estimate of drug-likeness (QED) is 0.608. The highest BCUT2D eigenvalue weighted by Gasteiger charge is 2.56. The Kier molecular flexibility index (Phi) is 1.44. The van der Waals surface area contributed by atoms with Gasteiger partial charge in [0.25, 0.3) is 0 Å². The van der Waals surface area contributed by atoms with Crippen molar-refractivity contribution in [2.45, 2.75) is 38.5 Å². The van der Waals surface area contributed by atoms with E-state index in [-0.39, 0.29) is 11.8 Å². The third-order valence-corrected chi connectivity index (χ3v) is 3.38. The number of nitrogens with two attached hydrogens (primary N) is 1. The summed E-state index contributed by atoms with van der Waals surface area (Å²) in [6.07, 6.45) is 7.56. The zero-order valence-electron chi connectivity index (χ0n) is 6.81. The summed E-state index contributed by atoms with van der Waals surface area (Å²) in [5, 5.41) is 0. The molecule has 2 aliphatic carbocycles. The van der Waals surface area contributed by atoms with Crippen LogP contribution in [0, 0.1) is 11.3 Å². The molecule has 1 unspecified atom stereocenters. The zero-order valence-corrected chi connectivity index (χ0v) is 6.81. The molecule has 1 atom stereocenters. The molecule has 1 spiro atoms. The van der Waals surface area contributed by atoms with Crippen molar-refractivity contribution in [1.29, 1.82) is 0 Å². The molecule has 0 radical (unpaired) electrons. The summed E-state index contributed by atoms with van der Waals surface area (Å²) in [7, 11) is 0. The summed E-state index contributed by atoms with van der Waals surface area (Å²) in [4.78, 5) is 10.9. The van der Waals surface area contributed by atoms with E-state index in [4.69, 9.17) is 5.73 Å². The summed E-state index contributed by atoms with van der Waals surface area (Å²) < 4.78 is 0. The lowest BCUT2D eigenvalue weighted by atomic mass is 9.84. The first-order chi connectivity index (χ1) is 5.25. The van der Waals surface area contributed by atoms with E-state index in [0.29, 0.717) is 5.41 Å². The number of hydrogen-bond acceptors (Lipinski definition) is 1. The molecule has 2 aliphatic rings. The topological polar surface area (TPSA) is 43.1 Å². The van der Waals surface area contributed by atoms with E-state index in [1.807, 2.05) is 0 Å². The minimum absolute atomic E-state index is 0.0631. The van der Waals surface area contributed by atoms with Crippen LogP contribution in [0.25, 0.3) is 0 Å². The van der Waals surface area contributed by atoms with E-state index in [1.54, 1.807) is 0 Å². The van der Waals surface area contributed by atoms with Crippen molar-refractivity contribution in [3.8, 4) is 0 Å². The van der Waals surface area contributed by atoms with Crippen molar-refractivity contribution in [1.82, 2.24) is 0 Å². The SMILES string of the molecule is NC(=O)C1CC12CCCCC2. The molecule has 2 heteroatoms. The maximum atomic E-state index is 10.9. The lowest BCUT2D eigenvalue weighted by Crippen LogP contribution is -2.20. The van der Waals surface area contributed by atoms with Crippen molar-refractivity contribution < 1.29 is 4.79 Å². The highest BCUT2D eigenvalue weighted by Crippen LogP contribution is 2.61. The summed E-state index contributed by atoms with van der Waals surface area (Å²) >= 11 is 0. The second-order valence-electron chi connectivity index (χ2n) is 4.08. The number of primary amides is 1. The Bertz CT molecular complexity index is 182. The number of carbonyl (C=O) groups is 1. The first-order valence-corrected chi connectivity index (χ1v) is 4.54. The Balaban J connectivity index is 1.99. The van der Waals surface area contributed by atoms with Gasteiger partial charge in [0.15, 0.2) is 0 Å².